The second-order valence-electron chi connectivity index (χ2n) is 9.66. The Morgan fingerprint density at radius 3 is 2.34 bits per heavy atom. The van der Waals surface area contributed by atoms with Gasteiger partial charge in [0, 0.05) is 28.7 Å². The number of aromatic hydroxyl groups is 1. The van der Waals surface area contributed by atoms with Gasteiger partial charge in [-0.05, 0) is 61.6 Å². The van der Waals surface area contributed by atoms with E-state index in [-0.39, 0.29) is 11.4 Å². The van der Waals surface area contributed by atoms with Gasteiger partial charge in [-0.3, -0.25) is 0 Å². The third kappa shape index (κ3) is 12.7. The van der Waals surface area contributed by atoms with Gasteiger partial charge in [-0.2, -0.15) is 13.2 Å². The molecule has 1 atom stereocenters. The van der Waals surface area contributed by atoms with Gasteiger partial charge in [0.05, 0.1) is 0 Å². The lowest BCUT2D eigenvalue weighted by molar-refractivity contribution is -0.266. The van der Waals surface area contributed by atoms with Gasteiger partial charge < -0.3 is 21.3 Å². The average Bonchev–Trinajstić information content (AvgIpc) is 2.84. The molecule has 0 aromatic heterocycles. The first-order valence-electron chi connectivity index (χ1n) is 13.2. The van der Waals surface area contributed by atoms with Gasteiger partial charge in [0.15, 0.2) is 5.60 Å². The van der Waals surface area contributed by atoms with E-state index in [4.69, 9.17) is 5.73 Å². The molecule has 4 nitrogen and oxygen atoms in total. The van der Waals surface area contributed by atoms with Crippen molar-refractivity contribution in [2.45, 2.75) is 90.8 Å². The minimum absolute atomic E-state index is 0.0995. The summed E-state index contributed by atoms with van der Waals surface area (Å²) in [7, 11) is 0. The van der Waals surface area contributed by atoms with Crippen LogP contribution in [0, 0.1) is 0 Å². The quantitative estimate of drug-likeness (QED) is 0.128. The molecule has 0 bridgehead atoms. The maximum atomic E-state index is 14.0. The fourth-order valence-electron chi connectivity index (χ4n) is 3.95. The number of nitrogens with two attached hydrogens (primary N) is 1. The van der Waals surface area contributed by atoms with Crippen molar-refractivity contribution in [2.24, 2.45) is 5.73 Å². The van der Waals surface area contributed by atoms with Crippen molar-refractivity contribution in [3.63, 3.8) is 0 Å². The van der Waals surface area contributed by atoms with E-state index in [0.29, 0.717) is 10.0 Å². The minimum Gasteiger partial charge on any atom is -0.508 e. The third-order valence-corrected chi connectivity index (χ3v) is 6.44. The summed E-state index contributed by atoms with van der Waals surface area (Å²) in [6.07, 6.45) is 7.42. The summed E-state index contributed by atoms with van der Waals surface area (Å²) in [5.41, 5.74) is 2.92. The summed E-state index contributed by atoms with van der Waals surface area (Å²) in [5, 5.41) is 24.3. The highest BCUT2D eigenvalue weighted by Gasteiger charge is 2.56. The zero-order valence-corrected chi connectivity index (χ0v) is 25.2. The van der Waals surface area contributed by atoms with Crippen LogP contribution in [0.2, 0.25) is 0 Å². The highest BCUT2D eigenvalue weighted by Crippen LogP contribution is 2.46. The van der Waals surface area contributed by atoms with Crippen molar-refractivity contribution in [3.05, 3.63) is 76.0 Å². The Labute approximate surface area is 235 Å². The lowest BCUT2D eigenvalue weighted by Gasteiger charge is -2.38. The molecular weight excluding hydrogens is 557 g/mol. The van der Waals surface area contributed by atoms with Gasteiger partial charge in [0.2, 0.25) is 0 Å². The van der Waals surface area contributed by atoms with E-state index < -0.39 is 30.0 Å². The Bertz CT molecular complexity index is 953. The number of phenols is 1. The molecule has 0 saturated carbocycles. The van der Waals surface area contributed by atoms with E-state index in [9.17, 15) is 23.4 Å². The molecule has 5 N–H and O–H groups in total. The molecule has 0 fully saturated rings. The van der Waals surface area contributed by atoms with Crippen LogP contribution in [0.1, 0.15) is 79.2 Å². The van der Waals surface area contributed by atoms with Gasteiger partial charge in [-0.25, -0.2) is 0 Å². The largest absolute Gasteiger partial charge is 0.508 e. The topological polar surface area (TPSA) is 78.5 Å². The Balaban J connectivity index is 0.00000667. The Morgan fingerprint density at radius 1 is 1.11 bits per heavy atom. The summed E-state index contributed by atoms with van der Waals surface area (Å²) >= 11 is 3.28. The predicted octanol–water partition coefficient (Wildman–Crippen LogP) is 8.21. The van der Waals surface area contributed by atoms with Crippen LogP contribution in [-0.4, -0.2) is 35.1 Å². The van der Waals surface area contributed by atoms with Crippen LogP contribution in [0.15, 0.2) is 70.4 Å². The van der Waals surface area contributed by atoms with Gasteiger partial charge in [-0.15, -0.1) is 0 Å². The number of benzene rings is 1. The summed E-state index contributed by atoms with van der Waals surface area (Å²) in [6.45, 7) is 12.9. The number of aliphatic hydroxyl groups is 1. The summed E-state index contributed by atoms with van der Waals surface area (Å²) < 4.78 is 42.6. The van der Waals surface area contributed by atoms with Crippen molar-refractivity contribution >= 4 is 15.9 Å². The predicted molar refractivity (Wildman–Crippen MR) is 157 cm³/mol. The van der Waals surface area contributed by atoms with E-state index in [1.165, 1.54) is 25.0 Å². The number of rotatable bonds is 14. The highest BCUT2D eigenvalue weighted by atomic mass is 79.9. The van der Waals surface area contributed by atoms with Crippen LogP contribution in [0.5, 0.6) is 5.75 Å². The van der Waals surface area contributed by atoms with Crippen LogP contribution >= 0.6 is 15.9 Å². The Morgan fingerprint density at radius 2 is 1.76 bits per heavy atom. The van der Waals surface area contributed by atoms with Crippen LogP contribution in [-0.2, 0) is 5.41 Å². The summed E-state index contributed by atoms with van der Waals surface area (Å²) in [4.78, 5) is 0. The Hall–Kier alpha value is -2.03. The number of nitrogens with one attached hydrogen (secondary N) is 1. The van der Waals surface area contributed by atoms with E-state index in [1.807, 2.05) is 32.9 Å². The molecule has 0 saturated heterocycles. The van der Waals surface area contributed by atoms with Crippen LogP contribution in [0.3, 0.4) is 0 Å². The van der Waals surface area contributed by atoms with E-state index >= 15 is 0 Å². The smallest absolute Gasteiger partial charge is 0.417 e. The molecule has 0 aliphatic rings. The van der Waals surface area contributed by atoms with Crippen molar-refractivity contribution in [1.82, 2.24) is 5.32 Å². The van der Waals surface area contributed by atoms with Crippen molar-refractivity contribution in [2.75, 3.05) is 13.1 Å². The normalized spacial score (nSPS) is 15.0. The Kier molecular flexibility index (Phi) is 16.6. The van der Waals surface area contributed by atoms with E-state index in [1.54, 1.807) is 44.2 Å². The number of halogens is 4. The SMILES string of the molecule is CC.C\C=C(/C=C\C=C\C=C(/N)CC(O)(CC(C)(C)c1cc(Br)ccc1O)C(F)(F)F)CNCCCCC. The zero-order valence-electron chi connectivity index (χ0n) is 23.6. The van der Waals surface area contributed by atoms with Gasteiger partial charge in [0.1, 0.15) is 5.75 Å². The molecule has 0 spiro atoms. The minimum atomic E-state index is -4.92. The zero-order chi connectivity index (χ0) is 29.4. The van der Waals surface area contributed by atoms with Crippen molar-refractivity contribution < 1.29 is 23.4 Å². The van der Waals surface area contributed by atoms with Crippen molar-refractivity contribution in [3.8, 4) is 5.75 Å². The number of phenolic OH excluding ortho intramolecular Hbond substituents is 1. The molecule has 0 aliphatic carbocycles. The fourth-order valence-corrected chi connectivity index (χ4v) is 4.31. The first-order valence-corrected chi connectivity index (χ1v) is 14.0. The molecule has 1 unspecified atom stereocenters. The number of hydrogen-bond acceptors (Lipinski definition) is 4. The molecule has 1 aromatic carbocycles. The van der Waals surface area contributed by atoms with Crippen LogP contribution in [0.25, 0.3) is 0 Å². The molecule has 0 radical (unpaired) electrons. The number of unbranched alkanes of at least 4 members (excludes halogenated alkanes) is 2. The molecular formula is C30H46BrF3N2O2. The lowest BCUT2D eigenvalue weighted by Crippen LogP contribution is -2.50. The fraction of sp³-hybridized carbons (Fsp3) is 0.533. The first-order chi connectivity index (χ1) is 17.8. The monoisotopic (exact) mass is 602 g/mol. The summed E-state index contributed by atoms with van der Waals surface area (Å²) in [5.74, 6) is -0.136. The second kappa shape index (κ2) is 17.5. The maximum Gasteiger partial charge on any atom is 0.417 e. The molecule has 0 amide bonds. The van der Waals surface area contributed by atoms with Crippen LogP contribution in [0.4, 0.5) is 13.2 Å². The number of hydrogen-bond donors (Lipinski definition) is 4. The van der Waals surface area contributed by atoms with Gasteiger partial charge in [-0.1, -0.05) is 93.8 Å². The number of allylic oxidation sites excluding steroid dienone is 5. The maximum absolute atomic E-state index is 14.0. The molecule has 1 aromatic rings. The molecule has 216 valence electrons. The molecule has 0 heterocycles. The van der Waals surface area contributed by atoms with Gasteiger partial charge in [0.25, 0.3) is 0 Å². The standard InChI is InChI=1S/C28H40BrF3N2O2.C2H6/c1-5-7-11-16-34-19-21(6-2)12-9-8-10-13-23(33)18-27(36,28(30,31)32)20-26(3,4)24-17-22(29)14-15-25(24)35;1-2/h6,8-10,12-15,17,34-36H,5,7,11,16,18-20,33H2,1-4H3;1-2H3/b10-8+,12-9-,21-6+,23-13-;. The van der Waals surface area contributed by atoms with Gasteiger partial charge >= 0.3 is 6.18 Å². The van der Waals surface area contributed by atoms with E-state index in [0.717, 1.165) is 25.1 Å². The van der Waals surface area contributed by atoms with E-state index in [2.05, 4.69) is 28.2 Å². The molecule has 1 rings (SSSR count). The molecule has 38 heavy (non-hydrogen) atoms. The second-order valence-corrected chi connectivity index (χ2v) is 10.6. The summed E-state index contributed by atoms with van der Waals surface area (Å²) in [6, 6.07) is 4.55. The van der Waals surface area contributed by atoms with Crippen molar-refractivity contribution in [1.29, 1.82) is 0 Å². The number of alkyl halides is 3. The molecule has 8 heteroatoms. The average molecular weight is 604 g/mol. The lowest BCUT2D eigenvalue weighted by atomic mass is 9.73. The first kappa shape index (κ1) is 36.0. The molecule has 0 aliphatic heterocycles. The van der Waals surface area contributed by atoms with Crippen LogP contribution < -0.4 is 11.1 Å². The third-order valence-electron chi connectivity index (χ3n) is 5.95. The highest BCUT2D eigenvalue weighted by molar-refractivity contribution is 9.10.